The molecule has 4 aromatic rings. The van der Waals surface area contributed by atoms with Crippen LogP contribution in [0.25, 0.3) is 16.7 Å². The van der Waals surface area contributed by atoms with E-state index >= 15 is 0 Å². The van der Waals surface area contributed by atoms with Crippen molar-refractivity contribution in [1.29, 1.82) is 0 Å². The average Bonchev–Trinajstić information content (AvgIpc) is 3.12. The molecule has 0 saturated heterocycles. The Hall–Kier alpha value is -3.07. The zero-order valence-corrected chi connectivity index (χ0v) is 17.1. The summed E-state index contributed by atoms with van der Waals surface area (Å²) < 4.78 is 17.7. The van der Waals surface area contributed by atoms with Gasteiger partial charge in [-0.05, 0) is 36.8 Å². The standard InChI is InChI=1S/C20H17BrFN5O2/c1-2-5-17-24-25-19-20(29)26(15-6-3-4-7-16(15)27(17)19)11-18(28)23-14-9-8-12(21)10-13(14)22/h3-4,6-10H,2,5,11H2,1H3,(H,23,28). The molecule has 2 aromatic carbocycles. The van der Waals surface area contributed by atoms with E-state index < -0.39 is 17.3 Å². The maximum atomic E-state index is 14.0. The van der Waals surface area contributed by atoms with Crippen molar-refractivity contribution in [2.45, 2.75) is 26.3 Å². The normalized spacial score (nSPS) is 11.3. The Kier molecular flexibility index (Phi) is 5.14. The van der Waals surface area contributed by atoms with Crippen LogP contribution in [0.5, 0.6) is 0 Å². The molecule has 148 valence electrons. The molecule has 0 spiro atoms. The van der Waals surface area contributed by atoms with Gasteiger partial charge >= 0.3 is 0 Å². The van der Waals surface area contributed by atoms with Crippen LogP contribution in [-0.4, -0.2) is 25.1 Å². The van der Waals surface area contributed by atoms with Crippen molar-refractivity contribution in [2.24, 2.45) is 0 Å². The highest BCUT2D eigenvalue weighted by Crippen LogP contribution is 2.20. The summed E-state index contributed by atoms with van der Waals surface area (Å²) in [7, 11) is 0. The maximum Gasteiger partial charge on any atom is 0.297 e. The maximum absolute atomic E-state index is 14.0. The van der Waals surface area contributed by atoms with Crippen molar-refractivity contribution in [3.63, 3.8) is 0 Å². The summed E-state index contributed by atoms with van der Waals surface area (Å²) in [6.07, 6.45) is 1.54. The van der Waals surface area contributed by atoms with Crippen molar-refractivity contribution >= 4 is 44.2 Å². The number of nitrogens with one attached hydrogen (secondary N) is 1. The first-order valence-electron chi connectivity index (χ1n) is 9.10. The summed E-state index contributed by atoms with van der Waals surface area (Å²) in [6.45, 7) is 1.75. The molecule has 2 heterocycles. The van der Waals surface area contributed by atoms with E-state index in [0.717, 1.165) is 11.9 Å². The number of carbonyl (C=O) groups excluding carboxylic acids is 1. The predicted molar refractivity (Wildman–Crippen MR) is 111 cm³/mol. The van der Waals surface area contributed by atoms with Gasteiger partial charge in [-0.25, -0.2) is 4.39 Å². The molecule has 0 bridgehead atoms. The number of aryl methyl sites for hydroxylation is 1. The van der Waals surface area contributed by atoms with Crippen LogP contribution in [0.3, 0.4) is 0 Å². The highest BCUT2D eigenvalue weighted by molar-refractivity contribution is 9.10. The molecule has 0 saturated carbocycles. The minimum atomic E-state index is -0.568. The number of rotatable bonds is 5. The Balaban J connectivity index is 1.78. The number of carbonyl (C=O) groups is 1. The van der Waals surface area contributed by atoms with Gasteiger partial charge < -0.3 is 5.32 Å². The van der Waals surface area contributed by atoms with Crippen LogP contribution in [0.2, 0.25) is 0 Å². The number of benzene rings is 2. The van der Waals surface area contributed by atoms with E-state index in [1.54, 1.807) is 22.6 Å². The van der Waals surface area contributed by atoms with Crippen molar-refractivity contribution in [2.75, 3.05) is 5.32 Å². The zero-order valence-electron chi connectivity index (χ0n) is 15.5. The quantitative estimate of drug-likeness (QED) is 0.496. The molecule has 4 rings (SSSR count). The van der Waals surface area contributed by atoms with E-state index in [1.807, 2.05) is 19.1 Å². The van der Waals surface area contributed by atoms with Gasteiger partial charge in [-0.1, -0.05) is 35.0 Å². The largest absolute Gasteiger partial charge is 0.322 e. The highest BCUT2D eigenvalue weighted by Gasteiger charge is 2.18. The second-order valence-corrected chi connectivity index (χ2v) is 7.49. The van der Waals surface area contributed by atoms with Gasteiger partial charge in [0.25, 0.3) is 5.56 Å². The smallest absolute Gasteiger partial charge is 0.297 e. The Morgan fingerprint density at radius 3 is 2.66 bits per heavy atom. The van der Waals surface area contributed by atoms with Crippen LogP contribution in [0.4, 0.5) is 10.1 Å². The van der Waals surface area contributed by atoms with E-state index in [1.165, 1.54) is 16.7 Å². The van der Waals surface area contributed by atoms with Gasteiger partial charge in [0, 0.05) is 10.9 Å². The summed E-state index contributed by atoms with van der Waals surface area (Å²) >= 11 is 3.18. The Morgan fingerprint density at radius 2 is 1.93 bits per heavy atom. The summed E-state index contributed by atoms with van der Waals surface area (Å²) in [5, 5.41) is 10.7. The van der Waals surface area contributed by atoms with Crippen LogP contribution in [0.15, 0.2) is 51.7 Å². The van der Waals surface area contributed by atoms with Crippen LogP contribution < -0.4 is 10.9 Å². The molecule has 0 unspecified atom stereocenters. The van der Waals surface area contributed by atoms with Crippen LogP contribution in [0, 0.1) is 5.82 Å². The molecule has 0 aliphatic heterocycles. The number of nitrogens with zero attached hydrogens (tertiary/aromatic N) is 4. The Bertz CT molecular complexity index is 1300. The molecular weight excluding hydrogens is 441 g/mol. The first-order chi connectivity index (χ1) is 14.0. The fraction of sp³-hybridized carbons (Fsp3) is 0.200. The van der Waals surface area contributed by atoms with Gasteiger partial charge in [0.2, 0.25) is 11.6 Å². The number of halogens is 2. The number of aromatic nitrogens is 4. The number of anilines is 1. The van der Waals surface area contributed by atoms with E-state index in [0.29, 0.717) is 22.2 Å². The van der Waals surface area contributed by atoms with Crippen molar-refractivity contribution in [3.8, 4) is 0 Å². The molecule has 0 fully saturated rings. The van der Waals surface area contributed by atoms with Crippen molar-refractivity contribution < 1.29 is 9.18 Å². The van der Waals surface area contributed by atoms with Gasteiger partial charge in [-0.3, -0.25) is 18.6 Å². The fourth-order valence-electron chi connectivity index (χ4n) is 3.29. The third-order valence-corrected chi connectivity index (χ3v) is 5.05. The topological polar surface area (TPSA) is 81.3 Å². The number of hydrogen-bond acceptors (Lipinski definition) is 4. The average molecular weight is 458 g/mol. The van der Waals surface area contributed by atoms with Gasteiger partial charge in [-0.15, -0.1) is 10.2 Å². The van der Waals surface area contributed by atoms with Crippen LogP contribution >= 0.6 is 15.9 Å². The second kappa shape index (κ2) is 7.75. The van der Waals surface area contributed by atoms with E-state index in [-0.39, 0.29) is 17.9 Å². The molecule has 0 aliphatic carbocycles. The highest BCUT2D eigenvalue weighted by atomic mass is 79.9. The molecule has 29 heavy (non-hydrogen) atoms. The minimum absolute atomic E-state index is 0.0457. The van der Waals surface area contributed by atoms with Gasteiger partial charge in [0.1, 0.15) is 18.2 Å². The zero-order chi connectivity index (χ0) is 20.5. The Morgan fingerprint density at radius 1 is 1.17 bits per heavy atom. The third kappa shape index (κ3) is 3.53. The molecule has 0 aliphatic rings. The summed E-state index contributed by atoms with van der Waals surface area (Å²) in [5.41, 5.74) is 1.09. The minimum Gasteiger partial charge on any atom is -0.322 e. The lowest BCUT2D eigenvalue weighted by Gasteiger charge is -2.13. The lowest BCUT2D eigenvalue weighted by molar-refractivity contribution is -0.116. The van der Waals surface area contributed by atoms with E-state index in [9.17, 15) is 14.0 Å². The van der Waals surface area contributed by atoms with Crippen molar-refractivity contribution in [3.05, 3.63) is 68.9 Å². The second-order valence-electron chi connectivity index (χ2n) is 6.58. The first-order valence-corrected chi connectivity index (χ1v) is 9.89. The van der Waals surface area contributed by atoms with Crippen LogP contribution in [-0.2, 0) is 17.8 Å². The van der Waals surface area contributed by atoms with Crippen molar-refractivity contribution in [1.82, 2.24) is 19.2 Å². The number of para-hydroxylation sites is 2. The number of hydrogen-bond donors (Lipinski definition) is 1. The number of fused-ring (bicyclic) bond motifs is 3. The molecule has 0 radical (unpaired) electrons. The molecule has 2 aromatic heterocycles. The molecule has 9 heteroatoms. The SMILES string of the molecule is CCCc1nnc2c(=O)n(CC(=O)Nc3ccc(Br)cc3F)c3ccccc3n12. The summed E-state index contributed by atoms with van der Waals surface area (Å²) in [5.74, 6) is -0.387. The molecule has 1 amide bonds. The summed E-state index contributed by atoms with van der Waals surface area (Å²) in [4.78, 5) is 25.6. The van der Waals surface area contributed by atoms with Crippen LogP contribution in [0.1, 0.15) is 19.2 Å². The fourth-order valence-corrected chi connectivity index (χ4v) is 3.62. The van der Waals surface area contributed by atoms with Gasteiger partial charge in [0.15, 0.2) is 0 Å². The molecule has 1 N–H and O–H groups in total. The molecule has 0 atom stereocenters. The number of amides is 1. The first kappa shape index (κ1) is 19.3. The lowest BCUT2D eigenvalue weighted by Crippen LogP contribution is -2.29. The molecular formula is C20H17BrFN5O2. The lowest BCUT2D eigenvalue weighted by atomic mass is 10.2. The molecule has 7 nitrogen and oxygen atoms in total. The van der Waals surface area contributed by atoms with E-state index in [4.69, 9.17) is 0 Å². The monoisotopic (exact) mass is 457 g/mol. The van der Waals surface area contributed by atoms with E-state index in [2.05, 4.69) is 31.4 Å². The van der Waals surface area contributed by atoms with Gasteiger partial charge in [0.05, 0.1) is 16.7 Å². The third-order valence-electron chi connectivity index (χ3n) is 4.56. The van der Waals surface area contributed by atoms with Gasteiger partial charge in [-0.2, -0.15) is 0 Å². The summed E-state index contributed by atoms with van der Waals surface area (Å²) in [6, 6.07) is 11.6. The predicted octanol–water partition coefficient (Wildman–Crippen LogP) is 3.54. The Labute approximate surface area is 173 Å².